The fourth-order valence-electron chi connectivity index (χ4n) is 2.58. The van der Waals surface area contributed by atoms with Crippen molar-refractivity contribution in [3.63, 3.8) is 0 Å². The fourth-order valence-corrected chi connectivity index (χ4v) is 3.56. The molecular weight excluding hydrogens is 462 g/mol. The molecular formula is C15H8I2N2. The molecule has 0 atom stereocenters. The number of fused-ring (bicyclic) bond motifs is 6. The first-order valence-electron chi connectivity index (χ1n) is 5.89. The molecule has 0 aliphatic heterocycles. The highest BCUT2D eigenvalue weighted by Crippen LogP contribution is 2.30. The average Bonchev–Trinajstić information content (AvgIpc) is 2.81. The normalized spacial score (nSPS) is 11.7. The zero-order valence-electron chi connectivity index (χ0n) is 9.77. The fraction of sp³-hybridized carbons (Fsp3) is 0. The van der Waals surface area contributed by atoms with Gasteiger partial charge in [-0.15, -0.1) is 0 Å². The summed E-state index contributed by atoms with van der Waals surface area (Å²) in [5, 5.41) is 8.43. The van der Waals surface area contributed by atoms with Crippen LogP contribution in [0.1, 0.15) is 0 Å². The Morgan fingerprint density at radius 3 is 2.32 bits per heavy atom. The minimum Gasteiger partial charge on any atom is -0.231 e. The van der Waals surface area contributed by atoms with Gasteiger partial charge in [0.2, 0.25) is 0 Å². The smallest absolute Gasteiger partial charge is 0.124 e. The van der Waals surface area contributed by atoms with E-state index in [-0.39, 0.29) is 0 Å². The van der Waals surface area contributed by atoms with Crippen LogP contribution in [0.25, 0.3) is 27.2 Å². The highest BCUT2D eigenvalue weighted by molar-refractivity contribution is 14.1. The van der Waals surface area contributed by atoms with Crippen LogP contribution < -0.4 is 0 Å². The lowest BCUT2D eigenvalue weighted by Crippen LogP contribution is -1.93. The van der Waals surface area contributed by atoms with Crippen molar-refractivity contribution in [1.82, 2.24) is 9.61 Å². The van der Waals surface area contributed by atoms with Gasteiger partial charge in [-0.2, -0.15) is 5.10 Å². The SMILES string of the molecule is Ic1ccc2c3ccccc3c3cc(I)nn3c2c1. The summed E-state index contributed by atoms with van der Waals surface area (Å²) in [6, 6.07) is 17.2. The molecule has 0 bridgehead atoms. The summed E-state index contributed by atoms with van der Waals surface area (Å²) in [4.78, 5) is 0. The molecule has 0 fully saturated rings. The minimum atomic E-state index is 1.02. The number of pyridine rings is 1. The Balaban J connectivity index is 2.42. The van der Waals surface area contributed by atoms with E-state index < -0.39 is 0 Å². The number of halogens is 2. The summed E-state index contributed by atoms with van der Waals surface area (Å²) >= 11 is 4.62. The van der Waals surface area contributed by atoms with Gasteiger partial charge in [0.15, 0.2) is 0 Å². The molecule has 4 aromatic rings. The molecule has 0 unspecified atom stereocenters. The number of benzene rings is 2. The standard InChI is InChI=1S/C15H8I2N2/c16-9-5-6-12-10-3-1-2-4-11(10)14-8-15(17)18-19(14)13(12)7-9/h1-8H. The van der Waals surface area contributed by atoms with Gasteiger partial charge in [-0.05, 0) is 68.8 Å². The van der Waals surface area contributed by atoms with Gasteiger partial charge < -0.3 is 0 Å². The highest BCUT2D eigenvalue weighted by atomic mass is 127. The molecule has 4 rings (SSSR count). The number of aromatic nitrogens is 2. The van der Waals surface area contributed by atoms with Crippen LogP contribution in [0.4, 0.5) is 0 Å². The monoisotopic (exact) mass is 470 g/mol. The van der Waals surface area contributed by atoms with Crippen molar-refractivity contribution >= 4 is 72.4 Å². The summed E-state index contributed by atoms with van der Waals surface area (Å²) in [7, 11) is 0. The average molecular weight is 470 g/mol. The lowest BCUT2D eigenvalue weighted by molar-refractivity contribution is 0.989. The predicted octanol–water partition coefficient (Wildman–Crippen LogP) is 4.85. The van der Waals surface area contributed by atoms with E-state index in [9.17, 15) is 0 Å². The predicted molar refractivity (Wildman–Crippen MR) is 95.6 cm³/mol. The molecule has 19 heavy (non-hydrogen) atoms. The molecule has 92 valence electrons. The first kappa shape index (κ1) is 11.9. The van der Waals surface area contributed by atoms with Crippen molar-refractivity contribution in [2.45, 2.75) is 0 Å². The second-order valence-corrected chi connectivity index (χ2v) is 6.82. The summed E-state index contributed by atoms with van der Waals surface area (Å²) in [5.74, 6) is 0. The van der Waals surface area contributed by atoms with Crippen LogP contribution in [0, 0.1) is 7.27 Å². The Bertz CT molecular complexity index is 941. The van der Waals surface area contributed by atoms with E-state index in [1.165, 1.54) is 30.8 Å². The summed E-state index contributed by atoms with van der Waals surface area (Å²) in [6.45, 7) is 0. The van der Waals surface area contributed by atoms with Crippen molar-refractivity contribution in [1.29, 1.82) is 0 Å². The summed E-state index contributed by atoms with van der Waals surface area (Å²) in [5.41, 5.74) is 2.35. The molecule has 0 N–H and O–H groups in total. The first-order valence-corrected chi connectivity index (χ1v) is 8.05. The number of hydrogen-bond acceptors (Lipinski definition) is 1. The molecule has 0 saturated heterocycles. The van der Waals surface area contributed by atoms with Crippen LogP contribution in [-0.4, -0.2) is 9.61 Å². The quantitative estimate of drug-likeness (QED) is 0.266. The van der Waals surface area contributed by atoms with Crippen LogP contribution in [0.15, 0.2) is 48.5 Å². The second kappa shape index (κ2) is 4.31. The zero-order valence-corrected chi connectivity index (χ0v) is 14.1. The number of hydrogen-bond donors (Lipinski definition) is 0. The van der Waals surface area contributed by atoms with Crippen LogP contribution in [0.5, 0.6) is 0 Å². The van der Waals surface area contributed by atoms with E-state index in [0.29, 0.717) is 0 Å². The van der Waals surface area contributed by atoms with Crippen molar-refractivity contribution in [2.24, 2.45) is 0 Å². The third-order valence-corrected chi connectivity index (χ3v) is 4.56. The van der Waals surface area contributed by atoms with E-state index in [4.69, 9.17) is 0 Å². The van der Waals surface area contributed by atoms with Crippen LogP contribution in [0.3, 0.4) is 0 Å². The topological polar surface area (TPSA) is 17.3 Å². The van der Waals surface area contributed by atoms with Crippen LogP contribution >= 0.6 is 45.2 Å². The van der Waals surface area contributed by atoms with Crippen molar-refractivity contribution in [3.8, 4) is 0 Å². The Labute approximate surface area is 137 Å². The maximum atomic E-state index is 4.63. The molecule has 0 aliphatic carbocycles. The number of rotatable bonds is 0. The molecule has 0 saturated carbocycles. The Kier molecular flexibility index (Phi) is 2.70. The van der Waals surface area contributed by atoms with Gasteiger partial charge in [0.1, 0.15) is 3.70 Å². The van der Waals surface area contributed by atoms with E-state index >= 15 is 0 Å². The third-order valence-electron chi connectivity index (χ3n) is 3.36. The van der Waals surface area contributed by atoms with Gasteiger partial charge in [-0.3, -0.25) is 0 Å². The first-order chi connectivity index (χ1) is 9.24. The molecule has 0 amide bonds. The second-order valence-electron chi connectivity index (χ2n) is 4.47. The molecule has 2 nitrogen and oxygen atoms in total. The third kappa shape index (κ3) is 1.76. The summed E-state index contributed by atoms with van der Waals surface area (Å²) in [6.07, 6.45) is 0. The van der Waals surface area contributed by atoms with Crippen LogP contribution in [-0.2, 0) is 0 Å². The molecule has 2 aromatic heterocycles. The Morgan fingerprint density at radius 2 is 1.47 bits per heavy atom. The number of nitrogens with zero attached hydrogens (tertiary/aromatic N) is 2. The van der Waals surface area contributed by atoms with Crippen LogP contribution in [0.2, 0.25) is 0 Å². The van der Waals surface area contributed by atoms with E-state index in [2.05, 4.69) is 103 Å². The molecule has 0 radical (unpaired) electrons. The van der Waals surface area contributed by atoms with E-state index in [0.717, 1.165) is 3.70 Å². The molecule has 2 heterocycles. The molecule has 0 aliphatic rings. The van der Waals surface area contributed by atoms with Gasteiger partial charge in [-0.25, -0.2) is 4.52 Å². The summed E-state index contributed by atoms with van der Waals surface area (Å²) < 4.78 is 4.31. The zero-order chi connectivity index (χ0) is 13.0. The molecule has 4 heteroatoms. The van der Waals surface area contributed by atoms with Crippen molar-refractivity contribution in [2.75, 3.05) is 0 Å². The maximum absolute atomic E-state index is 4.63. The van der Waals surface area contributed by atoms with Crippen molar-refractivity contribution < 1.29 is 0 Å². The highest BCUT2D eigenvalue weighted by Gasteiger charge is 2.10. The molecule has 2 aromatic carbocycles. The molecule has 0 spiro atoms. The maximum Gasteiger partial charge on any atom is 0.124 e. The van der Waals surface area contributed by atoms with Gasteiger partial charge in [0.05, 0.1) is 11.0 Å². The van der Waals surface area contributed by atoms with E-state index in [1.54, 1.807) is 0 Å². The Hall–Kier alpha value is -0.890. The van der Waals surface area contributed by atoms with Gasteiger partial charge in [0, 0.05) is 14.3 Å². The minimum absolute atomic E-state index is 1.02. The lowest BCUT2D eigenvalue weighted by Gasteiger charge is -2.08. The van der Waals surface area contributed by atoms with Gasteiger partial charge in [-0.1, -0.05) is 30.3 Å². The van der Waals surface area contributed by atoms with Crippen molar-refractivity contribution in [3.05, 3.63) is 55.8 Å². The lowest BCUT2D eigenvalue weighted by atomic mass is 10.1. The Morgan fingerprint density at radius 1 is 0.789 bits per heavy atom. The largest absolute Gasteiger partial charge is 0.231 e. The van der Waals surface area contributed by atoms with E-state index in [1.807, 2.05) is 0 Å². The van der Waals surface area contributed by atoms with Gasteiger partial charge in [0.25, 0.3) is 0 Å². The van der Waals surface area contributed by atoms with Gasteiger partial charge >= 0.3 is 0 Å².